The van der Waals surface area contributed by atoms with E-state index in [1.165, 1.54) is 33.0 Å². The molecule has 0 fully saturated rings. The fourth-order valence-electron chi connectivity index (χ4n) is 7.24. The van der Waals surface area contributed by atoms with Gasteiger partial charge < -0.3 is 4.74 Å². The Hall–Kier alpha value is -6.13. The van der Waals surface area contributed by atoms with Crippen molar-refractivity contribution in [2.24, 2.45) is 0 Å². The zero-order valence-electron chi connectivity index (χ0n) is 26.2. The van der Waals surface area contributed by atoms with Crippen LogP contribution in [0.1, 0.15) is 5.56 Å². The number of fused-ring (bicyclic) bond motifs is 6. The molecule has 0 spiro atoms. The summed E-state index contributed by atoms with van der Waals surface area (Å²) < 4.78 is 10.2. The van der Waals surface area contributed by atoms with Crippen LogP contribution in [-0.4, -0.2) is 21.2 Å². The summed E-state index contributed by atoms with van der Waals surface area (Å²) in [5.74, 6) is 0.831. The number of rotatable bonds is 5. The molecule has 47 heavy (non-hydrogen) atoms. The predicted molar refractivity (Wildman–Crippen MR) is 195 cm³/mol. The number of pyridine rings is 1. The Balaban J connectivity index is 1.48. The highest BCUT2D eigenvalue weighted by molar-refractivity contribution is 6.26. The van der Waals surface area contributed by atoms with E-state index in [9.17, 15) is 0 Å². The monoisotopic (exact) mass is 605 g/mol. The van der Waals surface area contributed by atoms with Crippen molar-refractivity contribution < 1.29 is 4.74 Å². The van der Waals surface area contributed by atoms with Crippen molar-refractivity contribution in [3.8, 4) is 39.4 Å². The molecule has 0 atom stereocenters. The van der Waals surface area contributed by atoms with Crippen molar-refractivity contribution in [3.05, 3.63) is 157 Å². The number of hydrogen-bond acceptors (Lipinski definition) is 2. The van der Waals surface area contributed by atoms with E-state index in [-0.39, 0.29) is 0 Å². The number of nitrogens with zero attached hydrogens (tertiary/aromatic N) is 3. The minimum absolute atomic E-state index is 0.831. The van der Waals surface area contributed by atoms with Crippen LogP contribution in [0.4, 0.5) is 0 Å². The van der Waals surface area contributed by atoms with Gasteiger partial charge in [-0.05, 0) is 77.7 Å². The lowest BCUT2D eigenvalue weighted by Crippen LogP contribution is -2.00. The van der Waals surface area contributed by atoms with Crippen molar-refractivity contribution in [2.75, 3.05) is 7.11 Å². The summed E-state index contributed by atoms with van der Waals surface area (Å²) in [5.41, 5.74) is 12.2. The molecule has 0 amide bonds. The first-order chi connectivity index (χ1) is 23.2. The maximum absolute atomic E-state index is 5.65. The zero-order chi connectivity index (χ0) is 31.5. The van der Waals surface area contributed by atoms with E-state index >= 15 is 0 Å². The highest BCUT2D eigenvalue weighted by Gasteiger charge is 2.25. The van der Waals surface area contributed by atoms with Crippen molar-refractivity contribution in [3.63, 3.8) is 0 Å². The summed E-state index contributed by atoms with van der Waals surface area (Å²) in [6.45, 7) is 2.17. The van der Waals surface area contributed by atoms with Gasteiger partial charge in [-0.3, -0.25) is 9.13 Å². The molecular formula is C43H31N3O. The van der Waals surface area contributed by atoms with Gasteiger partial charge in [0.05, 0.1) is 18.1 Å². The van der Waals surface area contributed by atoms with Crippen molar-refractivity contribution in [1.82, 2.24) is 14.1 Å². The van der Waals surface area contributed by atoms with Gasteiger partial charge in [-0.1, -0.05) is 103 Å². The van der Waals surface area contributed by atoms with Gasteiger partial charge in [0, 0.05) is 38.5 Å². The topological polar surface area (TPSA) is 32.0 Å². The van der Waals surface area contributed by atoms with E-state index in [1.807, 2.05) is 0 Å². The van der Waals surface area contributed by atoms with Crippen molar-refractivity contribution >= 4 is 43.9 Å². The second-order valence-electron chi connectivity index (χ2n) is 12.0. The van der Waals surface area contributed by atoms with Crippen LogP contribution >= 0.6 is 0 Å². The molecule has 0 radical (unpaired) electrons. The molecule has 9 rings (SSSR count). The summed E-state index contributed by atoms with van der Waals surface area (Å²) >= 11 is 0. The number of benzene rings is 6. The quantitative estimate of drug-likeness (QED) is 0.195. The van der Waals surface area contributed by atoms with Crippen LogP contribution < -0.4 is 4.74 Å². The summed E-state index contributed by atoms with van der Waals surface area (Å²) in [7, 11) is 1.71. The molecule has 4 nitrogen and oxygen atoms in total. The standard InChI is InChI=1S/C43H31N3O/c1-28-13-6-7-18-34(28)30-14-12-17-32(27-30)46-38-22-11-9-20-36(38)41-39(29-23-25-33(47-2)26-24-29)40-35-19-8-10-21-37(35)45(42(40)44-43(41)46)31-15-4-3-5-16-31/h3-27H,1-2H3. The van der Waals surface area contributed by atoms with E-state index in [1.54, 1.807) is 7.11 Å². The van der Waals surface area contributed by atoms with Crippen LogP contribution in [-0.2, 0) is 0 Å². The maximum atomic E-state index is 5.65. The lowest BCUT2D eigenvalue weighted by Gasteiger charge is -2.13. The van der Waals surface area contributed by atoms with E-state index in [4.69, 9.17) is 9.72 Å². The van der Waals surface area contributed by atoms with Gasteiger partial charge in [-0.15, -0.1) is 0 Å². The maximum Gasteiger partial charge on any atom is 0.148 e. The van der Waals surface area contributed by atoms with Crippen LogP contribution in [0.3, 0.4) is 0 Å². The van der Waals surface area contributed by atoms with E-state index < -0.39 is 0 Å². The molecule has 3 aromatic heterocycles. The molecule has 0 saturated carbocycles. The Morgan fingerprint density at radius 1 is 0.511 bits per heavy atom. The lowest BCUT2D eigenvalue weighted by atomic mass is 9.96. The first-order valence-electron chi connectivity index (χ1n) is 15.9. The molecule has 0 aliphatic rings. The third kappa shape index (κ3) is 4.19. The van der Waals surface area contributed by atoms with Crippen LogP contribution in [0, 0.1) is 6.92 Å². The van der Waals surface area contributed by atoms with Gasteiger partial charge in [0.2, 0.25) is 0 Å². The molecule has 0 unspecified atom stereocenters. The molecular weight excluding hydrogens is 574 g/mol. The summed E-state index contributed by atoms with van der Waals surface area (Å²) in [6, 6.07) is 53.8. The summed E-state index contributed by atoms with van der Waals surface area (Å²) in [6.07, 6.45) is 0. The molecule has 4 heteroatoms. The molecule has 6 aromatic carbocycles. The fourth-order valence-corrected chi connectivity index (χ4v) is 7.24. The predicted octanol–water partition coefficient (Wildman–Crippen LogP) is 10.9. The van der Waals surface area contributed by atoms with E-state index in [2.05, 4.69) is 168 Å². The molecule has 0 bridgehead atoms. The number of hydrogen-bond donors (Lipinski definition) is 0. The van der Waals surface area contributed by atoms with Crippen LogP contribution in [0.5, 0.6) is 5.75 Å². The van der Waals surface area contributed by atoms with E-state index in [0.717, 1.165) is 55.8 Å². The van der Waals surface area contributed by atoms with Gasteiger partial charge in [-0.2, -0.15) is 0 Å². The molecule has 0 N–H and O–H groups in total. The minimum atomic E-state index is 0.831. The Morgan fingerprint density at radius 2 is 1.09 bits per heavy atom. The van der Waals surface area contributed by atoms with Gasteiger partial charge in [0.15, 0.2) is 0 Å². The van der Waals surface area contributed by atoms with Crippen LogP contribution in [0.25, 0.3) is 77.5 Å². The smallest absolute Gasteiger partial charge is 0.148 e. The Morgan fingerprint density at radius 3 is 1.74 bits per heavy atom. The van der Waals surface area contributed by atoms with Crippen molar-refractivity contribution in [2.45, 2.75) is 6.92 Å². The molecule has 0 aliphatic carbocycles. The first kappa shape index (κ1) is 27.2. The van der Waals surface area contributed by atoms with Gasteiger partial charge in [-0.25, -0.2) is 4.98 Å². The molecule has 9 aromatic rings. The number of aryl methyl sites for hydroxylation is 1. The average molecular weight is 606 g/mol. The van der Waals surface area contributed by atoms with Gasteiger partial charge in [0.1, 0.15) is 17.0 Å². The minimum Gasteiger partial charge on any atom is -0.497 e. The highest BCUT2D eigenvalue weighted by atomic mass is 16.5. The van der Waals surface area contributed by atoms with Gasteiger partial charge >= 0.3 is 0 Å². The lowest BCUT2D eigenvalue weighted by molar-refractivity contribution is 0.415. The van der Waals surface area contributed by atoms with Crippen molar-refractivity contribution in [1.29, 1.82) is 0 Å². The molecule has 224 valence electrons. The first-order valence-corrected chi connectivity index (χ1v) is 15.9. The molecule has 0 aliphatic heterocycles. The van der Waals surface area contributed by atoms with E-state index in [0.29, 0.717) is 0 Å². The average Bonchev–Trinajstić information content (AvgIpc) is 3.64. The largest absolute Gasteiger partial charge is 0.497 e. The number of aromatic nitrogens is 3. The van der Waals surface area contributed by atoms with Crippen LogP contribution in [0.15, 0.2) is 152 Å². The number of para-hydroxylation sites is 3. The second-order valence-corrected chi connectivity index (χ2v) is 12.0. The summed E-state index contributed by atoms with van der Waals surface area (Å²) in [4.78, 5) is 5.65. The highest BCUT2D eigenvalue weighted by Crippen LogP contribution is 2.46. The summed E-state index contributed by atoms with van der Waals surface area (Å²) in [5, 5.41) is 4.61. The number of ether oxygens (including phenoxy) is 1. The third-order valence-corrected chi connectivity index (χ3v) is 9.36. The zero-order valence-corrected chi connectivity index (χ0v) is 26.2. The SMILES string of the molecule is COc1ccc(-c2c3c4ccccc4n(-c4ccccc4)c3nc3c2c2ccccc2n3-c2cccc(-c3ccccc3C)c2)cc1. The molecule has 0 saturated heterocycles. The van der Waals surface area contributed by atoms with Gasteiger partial charge in [0.25, 0.3) is 0 Å². The third-order valence-electron chi connectivity index (χ3n) is 9.36. The molecule has 3 heterocycles. The second kappa shape index (κ2) is 10.7. The Bertz CT molecular complexity index is 2610. The Labute approximate surface area is 272 Å². The Kier molecular flexibility index (Phi) is 6.22. The fraction of sp³-hybridized carbons (Fsp3) is 0.0465. The van der Waals surface area contributed by atoms with Crippen LogP contribution in [0.2, 0.25) is 0 Å². The number of methoxy groups -OCH3 is 1. The normalized spacial score (nSPS) is 11.6.